The first-order chi connectivity index (χ1) is 7.29. The third kappa shape index (κ3) is 2.85. The standard InChI is InChI=1S/C13H28OP2/c1-15(2)7-5-11-6-8-16(3,4)10-12(9-15)13(11)14/h11-12,15-16H,5-10H2,1-4H3. The van der Waals surface area contributed by atoms with Gasteiger partial charge in [0, 0.05) is 0 Å². The zero-order valence-electron chi connectivity index (χ0n) is 11.3. The molecule has 2 aliphatic heterocycles. The van der Waals surface area contributed by atoms with Crippen LogP contribution in [0.2, 0.25) is 0 Å². The molecule has 0 amide bonds. The summed E-state index contributed by atoms with van der Waals surface area (Å²) in [6.07, 6.45) is 7.80. The van der Waals surface area contributed by atoms with E-state index in [9.17, 15) is 4.79 Å². The van der Waals surface area contributed by atoms with Crippen LogP contribution in [0.25, 0.3) is 0 Å². The fraction of sp³-hybridized carbons (Fsp3) is 0.923. The van der Waals surface area contributed by atoms with Gasteiger partial charge in [0.25, 0.3) is 0 Å². The van der Waals surface area contributed by atoms with Crippen molar-refractivity contribution >= 4 is 20.3 Å². The molecule has 0 aromatic rings. The third-order valence-corrected chi connectivity index (χ3v) is 11.2. The summed E-state index contributed by atoms with van der Waals surface area (Å²) in [4.78, 5) is 12.5. The second kappa shape index (κ2) is 4.33. The first-order valence-electron chi connectivity index (χ1n) is 6.83. The van der Waals surface area contributed by atoms with Gasteiger partial charge in [0.2, 0.25) is 0 Å². The molecule has 0 N–H and O–H groups in total. The Morgan fingerprint density at radius 1 is 0.875 bits per heavy atom. The van der Waals surface area contributed by atoms with E-state index < -0.39 is 14.5 Å². The molecule has 0 spiro atoms. The van der Waals surface area contributed by atoms with Crippen molar-refractivity contribution in [3.05, 3.63) is 0 Å². The maximum atomic E-state index is 12.5. The summed E-state index contributed by atoms with van der Waals surface area (Å²) in [5.41, 5.74) is 0. The van der Waals surface area contributed by atoms with E-state index in [0.29, 0.717) is 17.6 Å². The van der Waals surface area contributed by atoms with Gasteiger partial charge in [-0.1, -0.05) is 0 Å². The second-order valence-electron chi connectivity index (χ2n) is 7.61. The molecule has 2 saturated heterocycles. The van der Waals surface area contributed by atoms with Gasteiger partial charge in [0.05, 0.1) is 0 Å². The SMILES string of the molecule is C[PH]1(C)CCC2CC[PH](C)(C)CC(C1)C2=O. The number of rotatable bonds is 0. The number of hydrogen-bond donors (Lipinski definition) is 0. The zero-order valence-corrected chi connectivity index (χ0v) is 13.3. The summed E-state index contributed by atoms with van der Waals surface area (Å²) < 4.78 is 0. The molecule has 2 aliphatic rings. The molecule has 2 heterocycles. The van der Waals surface area contributed by atoms with E-state index in [1.165, 1.54) is 37.5 Å². The fourth-order valence-electron chi connectivity index (χ4n) is 3.70. The molecular weight excluding hydrogens is 234 g/mol. The van der Waals surface area contributed by atoms with Gasteiger partial charge in [-0.15, -0.1) is 0 Å². The molecule has 2 fully saturated rings. The van der Waals surface area contributed by atoms with Gasteiger partial charge in [0.1, 0.15) is 0 Å². The Balaban J connectivity index is 2.25. The van der Waals surface area contributed by atoms with Crippen LogP contribution in [0.3, 0.4) is 0 Å². The number of Topliss-reactive ketones (excluding diaryl/α,β-unsaturated/α-hetero) is 1. The number of carbonyl (C=O) groups is 1. The molecule has 0 unspecified atom stereocenters. The molecule has 0 saturated carbocycles. The Labute approximate surface area is 101 Å². The molecule has 0 aliphatic carbocycles. The Bertz CT molecular complexity index is 274. The minimum atomic E-state index is -1.05. The van der Waals surface area contributed by atoms with Crippen molar-refractivity contribution < 1.29 is 4.79 Å². The molecule has 2 rings (SSSR count). The summed E-state index contributed by atoms with van der Waals surface area (Å²) in [5, 5.41) is 0. The van der Waals surface area contributed by atoms with Crippen LogP contribution >= 0.6 is 14.5 Å². The van der Waals surface area contributed by atoms with E-state index in [2.05, 4.69) is 26.7 Å². The second-order valence-corrected chi connectivity index (χ2v) is 18.1. The Morgan fingerprint density at radius 2 is 1.31 bits per heavy atom. The minimum absolute atomic E-state index is 0.452. The van der Waals surface area contributed by atoms with Gasteiger partial charge in [-0.25, -0.2) is 0 Å². The van der Waals surface area contributed by atoms with Crippen LogP contribution in [0, 0.1) is 11.8 Å². The van der Waals surface area contributed by atoms with Crippen LogP contribution < -0.4 is 0 Å². The third-order valence-electron chi connectivity index (χ3n) is 4.74. The predicted octanol–water partition coefficient (Wildman–Crippen LogP) is 2.61. The fourth-order valence-corrected chi connectivity index (χ4v) is 10.0. The molecule has 1 nitrogen and oxygen atoms in total. The van der Waals surface area contributed by atoms with Crippen molar-refractivity contribution in [3.63, 3.8) is 0 Å². The van der Waals surface area contributed by atoms with E-state index in [4.69, 9.17) is 0 Å². The predicted molar refractivity (Wildman–Crippen MR) is 81.0 cm³/mol. The summed E-state index contributed by atoms with van der Waals surface area (Å²) in [7, 11) is -2.10. The van der Waals surface area contributed by atoms with Crippen molar-refractivity contribution in [2.75, 3.05) is 51.3 Å². The molecule has 0 atom stereocenters. The van der Waals surface area contributed by atoms with Crippen molar-refractivity contribution in [2.45, 2.75) is 12.8 Å². The summed E-state index contributed by atoms with van der Waals surface area (Å²) in [6.45, 7) is 9.97. The maximum absolute atomic E-state index is 12.5. The molecule has 96 valence electrons. The van der Waals surface area contributed by atoms with Gasteiger partial charge in [-0.2, -0.15) is 0 Å². The van der Waals surface area contributed by atoms with Crippen molar-refractivity contribution in [1.82, 2.24) is 0 Å². The van der Waals surface area contributed by atoms with Crippen LogP contribution in [0.1, 0.15) is 12.8 Å². The molecule has 0 radical (unpaired) electrons. The van der Waals surface area contributed by atoms with Crippen LogP contribution in [-0.2, 0) is 4.79 Å². The van der Waals surface area contributed by atoms with Gasteiger partial charge >= 0.3 is 101 Å². The summed E-state index contributed by atoms with van der Waals surface area (Å²) in [5.74, 6) is 1.59. The quantitative estimate of drug-likeness (QED) is 0.613. The van der Waals surface area contributed by atoms with Gasteiger partial charge < -0.3 is 0 Å². The Hall–Kier alpha value is 0.530. The molecule has 0 aromatic carbocycles. The number of ketones is 1. The molecular formula is C13H28OP2. The molecule has 2 bridgehead atoms. The summed E-state index contributed by atoms with van der Waals surface area (Å²) >= 11 is 0. The molecule has 16 heavy (non-hydrogen) atoms. The van der Waals surface area contributed by atoms with Gasteiger partial charge in [-0.05, 0) is 0 Å². The van der Waals surface area contributed by atoms with Crippen LogP contribution in [0.5, 0.6) is 0 Å². The Kier molecular flexibility index (Phi) is 3.51. The van der Waals surface area contributed by atoms with Crippen molar-refractivity contribution in [2.24, 2.45) is 11.8 Å². The van der Waals surface area contributed by atoms with E-state index >= 15 is 0 Å². The van der Waals surface area contributed by atoms with Crippen LogP contribution in [0.15, 0.2) is 0 Å². The first kappa shape index (κ1) is 13.0. The first-order valence-corrected chi connectivity index (χ1v) is 13.7. The van der Waals surface area contributed by atoms with Gasteiger partial charge in [0.15, 0.2) is 0 Å². The van der Waals surface area contributed by atoms with E-state index in [1.807, 2.05) is 0 Å². The van der Waals surface area contributed by atoms with E-state index in [-0.39, 0.29) is 0 Å². The normalized spacial score (nSPS) is 41.6. The van der Waals surface area contributed by atoms with E-state index in [1.54, 1.807) is 0 Å². The van der Waals surface area contributed by atoms with Crippen molar-refractivity contribution in [1.29, 1.82) is 0 Å². The number of carbonyl (C=O) groups excluding carboxylic acids is 1. The molecule has 0 aromatic heterocycles. The van der Waals surface area contributed by atoms with Crippen LogP contribution in [0.4, 0.5) is 0 Å². The average molecular weight is 262 g/mol. The van der Waals surface area contributed by atoms with E-state index in [0.717, 1.165) is 0 Å². The zero-order chi connectivity index (χ0) is 12.0. The van der Waals surface area contributed by atoms with Crippen LogP contribution in [-0.4, -0.2) is 57.1 Å². The monoisotopic (exact) mass is 262 g/mol. The van der Waals surface area contributed by atoms with Gasteiger partial charge in [-0.3, -0.25) is 0 Å². The molecule has 3 heteroatoms. The van der Waals surface area contributed by atoms with Crippen molar-refractivity contribution in [3.8, 4) is 0 Å². The Morgan fingerprint density at radius 3 is 1.75 bits per heavy atom. The number of fused-ring (bicyclic) bond motifs is 2. The number of hydrogen-bond acceptors (Lipinski definition) is 1. The topological polar surface area (TPSA) is 17.1 Å². The summed E-state index contributed by atoms with van der Waals surface area (Å²) in [6, 6.07) is 0. The average Bonchev–Trinajstić information content (AvgIpc) is 2.29.